The van der Waals surface area contributed by atoms with Crippen molar-refractivity contribution in [3.8, 4) is 5.75 Å². The highest BCUT2D eigenvalue weighted by molar-refractivity contribution is 5.86. The maximum absolute atomic E-state index is 10.9. The van der Waals surface area contributed by atoms with Gasteiger partial charge < -0.3 is 19.7 Å². The van der Waals surface area contributed by atoms with E-state index in [9.17, 15) is 9.90 Å². The molecule has 22 heavy (non-hydrogen) atoms. The predicted molar refractivity (Wildman–Crippen MR) is 78.5 cm³/mol. The summed E-state index contributed by atoms with van der Waals surface area (Å²) in [4.78, 5) is 10.9. The van der Waals surface area contributed by atoms with E-state index in [1.54, 1.807) is 24.3 Å². The second kappa shape index (κ2) is 9.91. The van der Waals surface area contributed by atoms with Crippen molar-refractivity contribution in [3.63, 3.8) is 0 Å². The molecule has 0 aromatic heterocycles. The van der Waals surface area contributed by atoms with Crippen molar-refractivity contribution in [2.24, 2.45) is 0 Å². The van der Waals surface area contributed by atoms with Crippen LogP contribution in [0.25, 0.3) is 0 Å². The lowest BCUT2D eigenvalue weighted by molar-refractivity contribution is -0.124. The van der Waals surface area contributed by atoms with Gasteiger partial charge in [0.25, 0.3) is 5.91 Å². The Hall–Kier alpha value is -1.93. The van der Waals surface area contributed by atoms with Gasteiger partial charge in [-0.1, -0.05) is 18.2 Å². The summed E-state index contributed by atoms with van der Waals surface area (Å²) in [5.74, 6) is -0.0480. The third kappa shape index (κ3) is 5.82. The summed E-state index contributed by atoms with van der Waals surface area (Å²) in [6.07, 6.45) is 1.55. The molecule has 0 aliphatic carbocycles. The van der Waals surface area contributed by atoms with Gasteiger partial charge in [0, 0.05) is 13.2 Å². The van der Waals surface area contributed by atoms with Crippen LogP contribution >= 0.6 is 0 Å². The monoisotopic (exact) mass is 311 g/mol. The fraction of sp³-hybridized carbons (Fsp3) is 0.400. The third-order valence-electron chi connectivity index (χ3n) is 2.98. The Labute approximate surface area is 128 Å². The van der Waals surface area contributed by atoms with Crippen LogP contribution in [0.4, 0.5) is 0 Å². The quantitative estimate of drug-likeness (QED) is 0.301. The van der Waals surface area contributed by atoms with Gasteiger partial charge >= 0.3 is 0 Å². The molecule has 1 rings (SSSR count). The lowest BCUT2D eigenvalue weighted by Gasteiger charge is -2.21. The van der Waals surface area contributed by atoms with E-state index in [0.717, 1.165) is 6.08 Å². The number of hydrogen-bond donors (Lipinski definition) is 4. The number of amides is 1. The molecule has 0 bridgehead atoms. The van der Waals surface area contributed by atoms with Crippen LogP contribution in [0.5, 0.6) is 5.75 Å². The fourth-order valence-corrected chi connectivity index (χ4v) is 1.84. The second-order valence-electron chi connectivity index (χ2n) is 4.47. The molecule has 0 saturated heterocycles. The lowest BCUT2D eigenvalue weighted by Crippen LogP contribution is -2.21. The van der Waals surface area contributed by atoms with Crippen LogP contribution in [0.1, 0.15) is 18.1 Å². The Morgan fingerprint density at radius 3 is 2.59 bits per heavy atom. The molecule has 1 amide bonds. The zero-order valence-electron chi connectivity index (χ0n) is 12.3. The number of hydroxylamine groups is 1. The number of hydrogen-bond acceptors (Lipinski definition) is 6. The molecule has 1 aromatic rings. The second-order valence-corrected chi connectivity index (χ2v) is 4.47. The Bertz CT molecular complexity index is 473. The highest BCUT2D eigenvalue weighted by atomic mass is 16.5. The Kier molecular flexibility index (Phi) is 8.16. The lowest BCUT2D eigenvalue weighted by atomic mass is 10.0. The highest BCUT2D eigenvalue weighted by Gasteiger charge is 2.19. The van der Waals surface area contributed by atoms with E-state index in [1.807, 2.05) is 0 Å². The molecular weight excluding hydrogens is 290 g/mol. The number of carbonyl (C=O) groups excluding carboxylic acids is 1. The molecule has 0 fully saturated rings. The molecular formula is C15H21NO6. The number of aliphatic hydroxyl groups is 2. The third-order valence-corrected chi connectivity index (χ3v) is 2.98. The molecule has 0 heterocycles. The summed E-state index contributed by atoms with van der Waals surface area (Å²) in [6, 6.07) is 6.78. The summed E-state index contributed by atoms with van der Waals surface area (Å²) >= 11 is 0. The molecule has 0 aliphatic heterocycles. The minimum absolute atomic E-state index is 0.0656. The first-order valence-corrected chi connectivity index (χ1v) is 6.77. The molecule has 0 aliphatic rings. The first-order valence-electron chi connectivity index (χ1n) is 6.77. The van der Waals surface area contributed by atoms with Crippen LogP contribution in [0.15, 0.2) is 36.4 Å². The predicted octanol–water partition coefficient (Wildman–Crippen LogP) is 0.558. The number of aliphatic hydroxyl groups excluding tert-OH is 2. The number of methoxy groups -OCH3 is 1. The minimum atomic E-state index is -0.876. The van der Waals surface area contributed by atoms with Crippen LogP contribution in [-0.4, -0.2) is 47.8 Å². The van der Waals surface area contributed by atoms with Crippen molar-refractivity contribution in [1.82, 2.24) is 5.48 Å². The van der Waals surface area contributed by atoms with E-state index >= 15 is 0 Å². The van der Waals surface area contributed by atoms with E-state index in [0.29, 0.717) is 17.7 Å². The maximum atomic E-state index is 10.9. The van der Waals surface area contributed by atoms with E-state index in [4.69, 9.17) is 19.8 Å². The Balaban J connectivity index is 2.64. The minimum Gasteiger partial charge on any atom is -0.491 e. The average molecular weight is 311 g/mol. The van der Waals surface area contributed by atoms with Gasteiger partial charge in [0.15, 0.2) is 0 Å². The van der Waals surface area contributed by atoms with Gasteiger partial charge in [-0.25, -0.2) is 5.48 Å². The van der Waals surface area contributed by atoms with Gasteiger partial charge in [0.2, 0.25) is 0 Å². The summed E-state index contributed by atoms with van der Waals surface area (Å²) in [5, 5.41) is 27.3. The molecule has 7 nitrogen and oxygen atoms in total. The van der Waals surface area contributed by atoms with Crippen LogP contribution in [-0.2, 0) is 9.53 Å². The van der Waals surface area contributed by atoms with E-state index < -0.39 is 18.1 Å². The SMILES string of the molecule is CO[C@H](C/C=C/C(=O)NO)[C@H](O)c1ccc(OCCO)cc1. The smallest absolute Gasteiger partial charge is 0.267 e. The van der Waals surface area contributed by atoms with Crippen molar-refractivity contribution in [2.45, 2.75) is 18.6 Å². The van der Waals surface area contributed by atoms with Crippen LogP contribution in [0.3, 0.4) is 0 Å². The zero-order valence-corrected chi connectivity index (χ0v) is 12.3. The first kappa shape index (κ1) is 18.1. The summed E-state index contributed by atoms with van der Waals surface area (Å²) < 4.78 is 10.5. The molecule has 0 spiro atoms. The van der Waals surface area contributed by atoms with Gasteiger partial charge in [-0.3, -0.25) is 10.0 Å². The van der Waals surface area contributed by atoms with Gasteiger partial charge in [-0.2, -0.15) is 0 Å². The molecule has 122 valence electrons. The van der Waals surface area contributed by atoms with Gasteiger partial charge in [0.05, 0.1) is 12.7 Å². The number of rotatable bonds is 9. The highest BCUT2D eigenvalue weighted by Crippen LogP contribution is 2.23. The number of nitrogens with one attached hydrogen (secondary N) is 1. The molecule has 4 N–H and O–H groups in total. The maximum Gasteiger partial charge on any atom is 0.267 e. The summed E-state index contributed by atoms with van der Waals surface area (Å²) in [7, 11) is 1.46. The van der Waals surface area contributed by atoms with Gasteiger partial charge in [-0.05, 0) is 24.1 Å². The molecule has 0 saturated carbocycles. The van der Waals surface area contributed by atoms with Crippen molar-refractivity contribution in [1.29, 1.82) is 0 Å². The Morgan fingerprint density at radius 2 is 2.05 bits per heavy atom. The van der Waals surface area contributed by atoms with Crippen molar-refractivity contribution < 1.29 is 29.7 Å². The molecule has 0 radical (unpaired) electrons. The molecule has 2 atom stereocenters. The van der Waals surface area contributed by atoms with Crippen LogP contribution < -0.4 is 10.2 Å². The van der Waals surface area contributed by atoms with Gasteiger partial charge in [-0.15, -0.1) is 0 Å². The number of ether oxygens (including phenoxy) is 2. The molecule has 7 heteroatoms. The number of carbonyl (C=O) groups is 1. The van der Waals surface area contributed by atoms with Crippen molar-refractivity contribution in [2.75, 3.05) is 20.3 Å². The summed E-state index contributed by atoms with van der Waals surface area (Å²) in [5.41, 5.74) is 2.12. The number of benzene rings is 1. The zero-order chi connectivity index (χ0) is 16.4. The Morgan fingerprint density at radius 1 is 1.36 bits per heavy atom. The van der Waals surface area contributed by atoms with Crippen molar-refractivity contribution in [3.05, 3.63) is 42.0 Å². The molecule has 1 aromatic carbocycles. The fourth-order valence-electron chi connectivity index (χ4n) is 1.84. The largest absolute Gasteiger partial charge is 0.491 e. The average Bonchev–Trinajstić information content (AvgIpc) is 2.56. The van der Waals surface area contributed by atoms with E-state index in [-0.39, 0.29) is 13.2 Å². The van der Waals surface area contributed by atoms with E-state index in [1.165, 1.54) is 18.7 Å². The topological polar surface area (TPSA) is 108 Å². The summed E-state index contributed by atoms with van der Waals surface area (Å²) in [6.45, 7) is 0.143. The van der Waals surface area contributed by atoms with Crippen molar-refractivity contribution >= 4 is 5.91 Å². The standard InChI is InChI=1S/C15H21NO6/c1-21-13(3-2-4-14(18)16-20)15(19)11-5-7-12(8-6-11)22-10-9-17/h2,4-8,13,15,17,19-20H,3,9-10H2,1H3,(H,16,18)/b4-2+/t13-,15-/m1/s1. The van der Waals surface area contributed by atoms with Crippen LogP contribution in [0, 0.1) is 0 Å². The first-order chi connectivity index (χ1) is 10.6. The van der Waals surface area contributed by atoms with Gasteiger partial charge in [0.1, 0.15) is 18.5 Å². The van der Waals surface area contributed by atoms with E-state index in [2.05, 4.69) is 0 Å². The normalized spacial score (nSPS) is 13.8. The molecule has 0 unspecified atom stereocenters. The van der Waals surface area contributed by atoms with Crippen LogP contribution in [0.2, 0.25) is 0 Å².